The number of ether oxygens (including phenoxy) is 2. The predicted molar refractivity (Wildman–Crippen MR) is 165 cm³/mol. The van der Waals surface area contributed by atoms with Gasteiger partial charge < -0.3 is 30.7 Å². The van der Waals surface area contributed by atoms with Gasteiger partial charge in [0.1, 0.15) is 0 Å². The quantitative estimate of drug-likeness (QED) is 0.207. The summed E-state index contributed by atoms with van der Waals surface area (Å²) in [5, 5.41) is 11.6. The molecule has 2 saturated heterocycles. The Morgan fingerprint density at radius 3 is 1.35 bits per heavy atom. The first-order valence-corrected chi connectivity index (χ1v) is 15.6. The van der Waals surface area contributed by atoms with E-state index in [9.17, 15) is 19.2 Å². The Kier molecular flexibility index (Phi) is 13.0. The van der Waals surface area contributed by atoms with E-state index in [1.165, 1.54) is 0 Å². The van der Waals surface area contributed by atoms with Gasteiger partial charge in [-0.2, -0.15) is 0 Å². The maximum Gasteiger partial charge on any atom is 0.251 e. The summed E-state index contributed by atoms with van der Waals surface area (Å²) in [6, 6.07) is 13.8. The highest BCUT2D eigenvalue weighted by Crippen LogP contribution is 2.15. The van der Waals surface area contributed by atoms with Gasteiger partial charge in [-0.15, -0.1) is 0 Å². The van der Waals surface area contributed by atoms with E-state index >= 15 is 0 Å². The second kappa shape index (κ2) is 17.4. The second-order valence-electron chi connectivity index (χ2n) is 11.2. The van der Waals surface area contributed by atoms with E-state index in [0.717, 1.165) is 71.0 Å². The van der Waals surface area contributed by atoms with Gasteiger partial charge in [-0.05, 0) is 87.1 Å². The number of nitrogens with one attached hydrogen (secondary N) is 4. The third kappa shape index (κ3) is 11.4. The van der Waals surface area contributed by atoms with Crippen LogP contribution in [0.25, 0.3) is 0 Å². The first-order valence-electron chi connectivity index (χ1n) is 15.6. The fraction of sp³-hybridized carbons (Fsp3) is 0.515. The van der Waals surface area contributed by atoms with Crippen molar-refractivity contribution in [3.8, 4) is 0 Å². The lowest BCUT2D eigenvalue weighted by molar-refractivity contribution is -0.117. The molecule has 2 aliphatic heterocycles. The molecule has 0 aromatic heterocycles. The molecule has 10 nitrogen and oxygen atoms in total. The van der Waals surface area contributed by atoms with Crippen molar-refractivity contribution in [1.82, 2.24) is 10.6 Å². The van der Waals surface area contributed by atoms with Gasteiger partial charge in [0, 0.05) is 61.6 Å². The molecule has 2 fully saturated rings. The van der Waals surface area contributed by atoms with Crippen molar-refractivity contribution < 1.29 is 28.7 Å². The van der Waals surface area contributed by atoms with Crippen LogP contribution in [0.5, 0.6) is 0 Å². The third-order valence-corrected chi connectivity index (χ3v) is 7.70. The molecule has 10 heteroatoms. The molecule has 0 radical (unpaired) electrons. The number of amides is 4. The van der Waals surface area contributed by atoms with Crippen LogP contribution >= 0.6 is 0 Å². The zero-order valence-electron chi connectivity index (χ0n) is 24.8. The number of rotatable bonds is 16. The zero-order valence-corrected chi connectivity index (χ0v) is 24.8. The van der Waals surface area contributed by atoms with Gasteiger partial charge in [-0.1, -0.05) is 19.3 Å². The molecule has 4 amide bonds. The topological polar surface area (TPSA) is 135 Å². The average Bonchev–Trinajstić information content (AvgIpc) is 3.74. The number of carbonyl (C=O) groups excluding carboxylic acids is 4. The molecular formula is C33H44N4O6. The van der Waals surface area contributed by atoms with E-state index < -0.39 is 0 Å². The van der Waals surface area contributed by atoms with Crippen LogP contribution in [-0.4, -0.2) is 62.1 Å². The van der Waals surface area contributed by atoms with Gasteiger partial charge in [0.05, 0.1) is 12.2 Å². The molecule has 2 atom stereocenters. The molecular weight excluding hydrogens is 548 g/mol. The Morgan fingerprint density at radius 1 is 0.581 bits per heavy atom. The van der Waals surface area contributed by atoms with E-state index in [4.69, 9.17) is 9.47 Å². The minimum atomic E-state index is -0.147. The van der Waals surface area contributed by atoms with Crippen LogP contribution in [0, 0.1) is 0 Å². The van der Waals surface area contributed by atoms with Gasteiger partial charge >= 0.3 is 0 Å². The smallest absolute Gasteiger partial charge is 0.251 e. The first-order chi connectivity index (χ1) is 21.0. The van der Waals surface area contributed by atoms with Crippen LogP contribution in [0.4, 0.5) is 11.4 Å². The van der Waals surface area contributed by atoms with Gasteiger partial charge in [0.15, 0.2) is 0 Å². The maximum absolute atomic E-state index is 12.3. The lowest BCUT2D eigenvalue weighted by atomic mass is 10.1. The van der Waals surface area contributed by atoms with Gasteiger partial charge in [-0.3, -0.25) is 19.2 Å². The van der Waals surface area contributed by atoms with Crippen molar-refractivity contribution in [3.63, 3.8) is 0 Å². The molecule has 0 saturated carbocycles. The highest BCUT2D eigenvalue weighted by Gasteiger charge is 2.18. The lowest BCUT2D eigenvalue weighted by Crippen LogP contribution is -2.31. The van der Waals surface area contributed by atoms with Crippen molar-refractivity contribution >= 4 is 35.0 Å². The molecule has 2 heterocycles. The summed E-state index contributed by atoms with van der Waals surface area (Å²) in [5.41, 5.74) is 2.43. The molecule has 0 spiro atoms. The van der Waals surface area contributed by atoms with E-state index in [1.54, 1.807) is 48.5 Å². The average molecular weight is 593 g/mol. The predicted octanol–water partition coefficient (Wildman–Crippen LogP) is 4.81. The second-order valence-corrected chi connectivity index (χ2v) is 11.2. The van der Waals surface area contributed by atoms with Crippen molar-refractivity contribution in [2.45, 2.75) is 82.8 Å². The van der Waals surface area contributed by atoms with Gasteiger partial charge in [0.2, 0.25) is 11.8 Å². The Balaban J connectivity index is 1.01. The fourth-order valence-electron chi connectivity index (χ4n) is 5.19. The van der Waals surface area contributed by atoms with Crippen LogP contribution < -0.4 is 21.3 Å². The highest BCUT2D eigenvalue weighted by atomic mass is 16.5. The number of carbonyl (C=O) groups is 4. The molecule has 0 bridgehead atoms. The van der Waals surface area contributed by atoms with Crippen LogP contribution in [0.15, 0.2) is 48.5 Å². The summed E-state index contributed by atoms with van der Waals surface area (Å²) in [5.74, 6) is -0.402. The molecule has 2 aromatic rings. The van der Waals surface area contributed by atoms with E-state index in [-0.39, 0.29) is 35.8 Å². The normalized spacial score (nSPS) is 17.8. The maximum atomic E-state index is 12.3. The molecule has 43 heavy (non-hydrogen) atoms. The largest absolute Gasteiger partial charge is 0.376 e. The molecule has 2 unspecified atom stereocenters. The molecule has 232 valence electrons. The van der Waals surface area contributed by atoms with Gasteiger partial charge in [-0.25, -0.2) is 0 Å². The monoisotopic (exact) mass is 592 g/mol. The van der Waals surface area contributed by atoms with E-state index in [0.29, 0.717) is 48.4 Å². The summed E-state index contributed by atoms with van der Waals surface area (Å²) in [7, 11) is 0. The van der Waals surface area contributed by atoms with Crippen molar-refractivity contribution in [2.24, 2.45) is 0 Å². The SMILES string of the molecule is O=C(CCCCCCCC(=O)Nc1ccc(C(=O)NCC2CCCO2)cc1)Nc1ccc(C(=O)NCC2CCCO2)cc1. The Morgan fingerprint density at radius 2 is 0.977 bits per heavy atom. The van der Waals surface area contributed by atoms with Crippen LogP contribution in [0.2, 0.25) is 0 Å². The summed E-state index contributed by atoms with van der Waals surface area (Å²) in [4.78, 5) is 49.2. The molecule has 4 N–H and O–H groups in total. The van der Waals surface area contributed by atoms with Crippen molar-refractivity contribution in [1.29, 1.82) is 0 Å². The first kappa shape index (κ1) is 32.2. The molecule has 2 aliphatic rings. The number of hydrogen-bond acceptors (Lipinski definition) is 6. The Hall–Kier alpha value is -3.76. The highest BCUT2D eigenvalue weighted by molar-refractivity contribution is 5.96. The molecule has 4 rings (SSSR count). The summed E-state index contributed by atoms with van der Waals surface area (Å²) in [6.45, 7) is 2.54. The number of unbranched alkanes of at least 4 members (excludes halogenated alkanes) is 4. The van der Waals surface area contributed by atoms with Crippen molar-refractivity contribution in [2.75, 3.05) is 36.9 Å². The van der Waals surface area contributed by atoms with Crippen molar-refractivity contribution in [3.05, 3.63) is 59.7 Å². The summed E-state index contributed by atoms with van der Waals surface area (Å²) in [6.07, 6.45) is 9.37. The standard InChI is InChI=1S/C33H44N4O6/c38-30(36-26-16-12-24(13-17-26)32(40)34-22-28-8-6-20-42-28)10-4-2-1-3-5-11-31(39)37-27-18-14-25(15-19-27)33(41)35-23-29-9-7-21-43-29/h12-19,28-29H,1-11,20-23H2,(H,34,40)(H,35,41)(H,36,38)(H,37,39). The minimum Gasteiger partial charge on any atom is -0.376 e. The third-order valence-electron chi connectivity index (χ3n) is 7.70. The summed E-state index contributed by atoms with van der Waals surface area (Å²) >= 11 is 0. The van der Waals surface area contributed by atoms with Gasteiger partial charge in [0.25, 0.3) is 11.8 Å². The molecule has 2 aromatic carbocycles. The Bertz CT molecular complexity index is 1100. The molecule has 0 aliphatic carbocycles. The van der Waals surface area contributed by atoms with Crippen LogP contribution in [0.3, 0.4) is 0 Å². The van der Waals surface area contributed by atoms with Crippen LogP contribution in [0.1, 0.15) is 91.3 Å². The number of hydrogen-bond donors (Lipinski definition) is 4. The zero-order chi connectivity index (χ0) is 30.3. The Labute approximate surface area is 253 Å². The fourth-order valence-corrected chi connectivity index (χ4v) is 5.19. The minimum absolute atomic E-state index is 0.0544. The number of benzene rings is 2. The number of anilines is 2. The van der Waals surface area contributed by atoms with Crippen LogP contribution in [-0.2, 0) is 19.1 Å². The van der Waals surface area contributed by atoms with E-state index in [1.807, 2.05) is 0 Å². The lowest BCUT2D eigenvalue weighted by Gasteiger charge is -2.11. The van der Waals surface area contributed by atoms with E-state index in [2.05, 4.69) is 21.3 Å². The summed E-state index contributed by atoms with van der Waals surface area (Å²) < 4.78 is 11.0.